The fourth-order valence-electron chi connectivity index (χ4n) is 2.65. The first-order valence-electron chi connectivity index (χ1n) is 7.16. The van der Waals surface area contributed by atoms with Crippen molar-refractivity contribution < 1.29 is 9.90 Å². The maximum Gasteiger partial charge on any atom is 0.270 e. The minimum Gasteiger partial charge on any atom is -0.396 e. The molecule has 6 heteroatoms. The summed E-state index contributed by atoms with van der Waals surface area (Å²) >= 11 is 1.41. The Balaban J connectivity index is 1.93. The zero-order valence-electron chi connectivity index (χ0n) is 11.9. The van der Waals surface area contributed by atoms with E-state index in [-0.39, 0.29) is 24.0 Å². The number of carbonyl (C=O) groups excluding carboxylic acids is 1. The van der Waals surface area contributed by atoms with Gasteiger partial charge in [-0.25, -0.2) is 4.98 Å². The summed E-state index contributed by atoms with van der Waals surface area (Å²) < 4.78 is 0. The summed E-state index contributed by atoms with van der Waals surface area (Å²) in [5.74, 6) is -0.174. The topological polar surface area (TPSA) is 88.2 Å². The van der Waals surface area contributed by atoms with Crippen LogP contribution in [0.1, 0.15) is 60.6 Å². The first-order chi connectivity index (χ1) is 9.56. The molecule has 2 rings (SSSR count). The zero-order valence-corrected chi connectivity index (χ0v) is 12.7. The largest absolute Gasteiger partial charge is 0.396 e. The highest BCUT2D eigenvalue weighted by Gasteiger charge is 2.32. The number of aromatic nitrogens is 1. The Bertz CT molecular complexity index is 453. The molecule has 0 bridgehead atoms. The molecule has 1 aliphatic carbocycles. The molecule has 4 N–H and O–H groups in total. The molecule has 1 atom stereocenters. The molecule has 1 aromatic heterocycles. The second-order valence-electron chi connectivity index (χ2n) is 5.76. The van der Waals surface area contributed by atoms with Crippen molar-refractivity contribution in [1.29, 1.82) is 0 Å². The molecule has 112 valence electrons. The van der Waals surface area contributed by atoms with Crippen LogP contribution in [-0.4, -0.2) is 29.1 Å². The zero-order chi connectivity index (χ0) is 14.6. The van der Waals surface area contributed by atoms with Gasteiger partial charge in [-0.05, 0) is 19.8 Å². The van der Waals surface area contributed by atoms with Crippen LogP contribution in [0, 0.1) is 5.41 Å². The Kier molecular flexibility index (Phi) is 5.12. The minimum atomic E-state index is -0.174. The maximum absolute atomic E-state index is 12.1. The normalized spacial score (nSPS) is 19.6. The number of thiazole rings is 1. The van der Waals surface area contributed by atoms with Gasteiger partial charge in [0.25, 0.3) is 5.91 Å². The molecule has 0 aliphatic heterocycles. The van der Waals surface area contributed by atoms with Crippen molar-refractivity contribution in [1.82, 2.24) is 10.3 Å². The highest BCUT2D eigenvalue weighted by atomic mass is 32.1. The summed E-state index contributed by atoms with van der Waals surface area (Å²) in [6.45, 7) is 2.51. The van der Waals surface area contributed by atoms with Crippen LogP contribution in [0.2, 0.25) is 0 Å². The number of nitrogens with zero attached hydrogens (tertiary/aromatic N) is 1. The summed E-state index contributed by atoms with van der Waals surface area (Å²) in [5, 5.41) is 15.0. The SMILES string of the molecule is CC(N)c1nc(C(=O)NCC2(CO)CCCCC2)cs1. The van der Waals surface area contributed by atoms with Crippen molar-refractivity contribution in [3.8, 4) is 0 Å². The highest BCUT2D eigenvalue weighted by molar-refractivity contribution is 7.09. The molecule has 1 heterocycles. The van der Waals surface area contributed by atoms with E-state index in [0.29, 0.717) is 12.2 Å². The molecule has 1 saturated carbocycles. The smallest absolute Gasteiger partial charge is 0.270 e. The van der Waals surface area contributed by atoms with Crippen LogP contribution in [0.15, 0.2) is 5.38 Å². The van der Waals surface area contributed by atoms with Gasteiger partial charge in [0.1, 0.15) is 10.7 Å². The standard InChI is InChI=1S/C14H23N3O2S/c1-10(15)13-17-11(7-20-13)12(19)16-8-14(9-18)5-3-2-4-6-14/h7,10,18H,2-6,8-9,15H2,1H3,(H,16,19). The molecule has 1 fully saturated rings. The average molecular weight is 297 g/mol. The number of amides is 1. The first-order valence-corrected chi connectivity index (χ1v) is 8.04. The summed E-state index contributed by atoms with van der Waals surface area (Å²) in [6.07, 6.45) is 5.43. The van der Waals surface area contributed by atoms with Gasteiger partial charge in [-0.2, -0.15) is 0 Å². The summed E-state index contributed by atoms with van der Waals surface area (Å²) in [4.78, 5) is 16.3. The lowest BCUT2D eigenvalue weighted by molar-refractivity contribution is 0.0716. The monoisotopic (exact) mass is 297 g/mol. The van der Waals surface area contributed by atoms with Crippen molar-refractivity contribution in [3.63, 3.8) is 0 Å². The third kappa shape index (κ3) is 3.56. The Morgan fingerprint density at radius 3 is 2.80 bits per heavy atom. The Labute approximate surface area is 123 Å². The molecule has 20 heavy (non-hydrogen) atoms. The third-order valence-electron chi connectivity index (χ3n) is 4.02. The van der Waals surface area contributed by atoms with Crippen LogP contribution >= 0.6 is 11.3 Å². The average Bonchev–Trinajstić information content (AvgIpc) is 2.96. The maximum atomic E-state index is 12.1. The van der Waals surface area contributed by atoms with Crippen LogP contribution in [-0.2, 0) is 0 Å². The van der Waals surface area contributed by atoms with E-state index in [4.69, 9.17) is 5.73 Å². The number of hydrogen-bond donors (Lipinski definition) is 3. The van der Waals surface area contributed by atoms with Gasteiger partial charge in [0, 0.05) is 17.3 Å². The molecule has 0 radical (unpaired) electrons. The van der Waals surface area contributed by atoms with Crippen LogP contribution < -0.4 is 11.1 Å². The van der Waals surface area contributed by atoms with Gasteiger partial charge in [-0.3, -0.25) is 4.79 Å². The van der Waals surface area contributed by atoms with Gasteiger partial charge in [0.2, 0.25) is 0 Å². The lowest BCUT2D eigenvalue weighted by atomic mass is 9.74. The number of carbonyl (C=O) groups is 1. The highest BCUT2D eigenvalue weighted by Crippen LogP contribution is 2.35. The van der Waals surface area contributed by atoms with E-state index in [9.17, 15) is 9.90 Å². The van der Waals surface area contributed by atoms with Crippen LogP contribution in [0.5, 0.6) is 0 Å². The molecular weight excluding hydrogens is 274 g/mol. The van der Waals surface area contributed by atoms with E-state index in [1.165, 1.54) is 17.8 Å². The number of nitrogens with two attached hydrogens (primary N) is 1. The van der Waals surface area contributed by atoms with E-state index >= 15 is 0 Å². The van der Waals surface area contributed by atoms with E-state index in [1.54, 1.807) is 5.38 Å². The van der Waals surface area contributed by atoms with Crippen LogP contribution in [0.3, 0.4) is 0 Å². The molecule has 1 amide bonds. The van der Waals surface area contributed by atoms with E-state index in [1.807, 2.05) is 6.92 Å². The number of hydrogen-bond acceptors (Lipinski definition) is 5. The van der Waals surface area contributed by atoms with E-state index in [0.717, 1.165) is 30.7 Å². The number of nitrogens with one attached hydrogen (secondary N) is 1. The fraction of sp³-hybridized carbons (Fsp3) is 0.714. The van der Waals surface area contributed by atoms with Crippen molar-refractivity contribution in [2.24, 2.45) is 11.1 Å². The molecular formula is C14H23N3O2S. The summed E-state index contributed by atoms with van der Waals surface area (Å²) in [6, 6.07) is -0.149. The Hall–Kier alpha value is -0.980. The van der Waals surface area contributed by atoms with E-state index < -0.39 is 0 Å². The quantitative estimate of drug-likeness (QED) is 0.773. The number of aliphatic hydroxyl groups is 1. The van der Waals surface area contributed by atoms with Crippen molar-refractivity contribution in [2.75, 3.05) is 13.2 Å². The second-order valence-corrected chi connectivity index (χ2v) is 6.65. The predicted octanol–water partition coefficient (Wildman–Crippen LogP) is 1.84. The van der Waals surface area contributed by atoms with Gasteiger partial charge in [-0.1, -0.05) is 19.3 Å². The molecule has 5 nitrogen and oxygen atoms in total. The van der Waals surface area contributed by atoms with Crippen LogP contribution in [0.25, 0.3) is 0 Å². The summed E-state index contributed by atoms with van der Waals surface area (Å²) in [7, 11) is 0. The summed E-state index contributed by atoms with van der Waals surface area (Å²) in [5.41, 5.74) is 6.02. The molecule has 0 spiro atoms. The van der Waals surface area contributed by atoms with Crippen LogP contribution in [0.4, 0.5) is 0 Å². The van der Waals surface area contributed by atoms with Gasteiger partial charge in [-0.15, -0.1) is 11.3 Å². The lowest BCUT2D eigenvalue weighted by Crippen LogP contribution is -2.41. The number of aliphatic hydroxyl groups excluding tert-OH is 1. The molecule has 1 aromatic rings. The Morgan fingerprint density at radius 2 is 2.25 bits per heavy atom. The lowest BCUT2D eigenvalue weighted by Gasteiger charge is -2.35. The number of rotatable bonds is 5. The fourth-order valence-corrected chi connectivity index (χ4v) is 3.41. The van der Waals surface area contributed by atoms with Gasteiger partial charge in [0.15, 0.2) is 0 Å². The van der Waals surface area contributed by atoms with Crippen molar-refractivity contribution in [2.45, 2.75) is 45.1 Å². The third-order valence-corrected chi connectivity index (χ3v) is 5.06. The predicted molar refractivity (Wildman–Crippen MR) is 79.7 cm³/mol. The second kappa shape index (κ2) is 6.65. The molecule has 1 aliphatic rings. The van der Waals surface area contributed by atoms with Gasteiger partial charge < -0.3 is 16.2 Å². The van der Waals surface area contributed by atoms with Gasteiger partial charge >= 0.3 is 0 Å². The molecule has 1 unspecified atom stereocenters. The minimum absolute atomic E-state index is 0.134. The molecule has 0 aromatic carbocycles. The molecule has 0 saturated heterocycles. The first kappa shape index (κ1) is 15.4. The van der Waals surface area contributed by atoms with Crippen molar-refractivity contribution >= 4 is 17.2 Å². The van der Waals surface area contributed by atoms with Gasteiger partial charge in [0.05, 0.1) is 12.6 Å². The van der Waals surface area contributed by atoms with Crippen molar-refractivity contribution in [3.05, 3.63) is 16.1 Å². The van der Waals surface area contributed by atoms with E-state index in [2.05, 4.69) is 10.3 Å². The Morgan fingerprint density at radius 1 is 1.55 bits per heavy atom.